The van der Waals surface area contributed by atoms with E-state index in [0.717, 1.165) is 12.0 Å². The van der Waals surface area contributed by atoms with Gasteiger partial charge in [-0.2, -0.15) is 9.97 Å². The van der Waals surface area contributed by atoms with Gasteiger partial charge in [-0.3, -0.25) is 13.9 Å². The monoisotopic (exact) mass is 428 g/mol. The maximum atomic E-state index is 12.8. The summed E-state index contributed by atoms with van der Waals surface area (Å²) in [5, 5.41) is 4.10. The summed E-state index contributed by atoms with van der Waals surface area (Å²) in [4.78, 5) is 36.8. The number of rotatable bonds is 8. The summed E-state index contributed by atoms with van der Waals surface area (Å²) in [6, 6.07) is 9.55. The third-order valence-corrected chi connectivity index (χ3v) is 4.98. The number of hydrogen-bond donors (Lipinski definition) is 1. The minimum absolute atomic E-state index is 0.0930. The Morgan fingerprint density at radius 1 is 1.07 bits per heavy atom. The molecule has 0 bridgehead atoms. The average Bonchev–Trinajstić information content (AvgIpc) is 3.38. The highest BCUT2D eigenvalue weighted by Crippen LogP contribution is 2.17. The van der Waals surface area contributed by atoms with Crippen LogP contribution in [-0.2, 0) is 19.5 Å². The summed E-state index contributed by atoms with van der Waals surface area (Å²) in [7, 11) is 0. The zero-order chi connectivity index (χ0) is 21.1. The molecule has 0 aliphatic rings. The number of hydrogen-bond acceptors (Lipinski definition) is 6. The first-order valence-corrected chi connectivity index (χ1v) is 10.2. The van der Waals surface area contributed by atoms with Crippen LogP contribution in [0.4, 0.5) is 0 Å². The van der Waals surface area contributed by atoms with E-state index in [9.17, 15) is 9.59 Å². The number of nitrogens with one attached hydrogen (secondary N) is 1. The minimum Gasteiger partial charge on any atom is -0.334 e. The first-order chi connectivity index (χ1) is 14.6. The number of benzene rings is 1. The average molecular weight is 429 g/mol. The molecule has 0 atom stereocenters. The normalized spacial score (nSPS) is 11.4. The Hall–Kier alpha value is -3.20. The lowest BCUT2D eigenvalue weighted by Gasteiger charge is -2.10. The Balaban J connectivity index is 1.46. The maximum Gasteiger partial charge on any atom is 0.332 e. The molecule has 30 heavy (non-hydrogen) atoms. The van der Waals surface area contributed by atoms with Gasteiger partial charge < -0.3 is 9.51 Å². The van der Waals surface area contributed by atoms with Crippen molar-refractivity contribution in [2.45, 2.75) is 45.7 Å². The van der Waals surface area contributed by atoms with Crippen molar-refractivity contribution >= 4 is 22.8 Å². The second-order valence-corrected chi connectivity index (χ2v) is 7.31. The van der Waals surface area contributed by atoms with Crippen molar-refractivity contribution in [2.24, 2.45) is 0 Å². The Bertz CT molecular complexity index is 1270. The van der Waals surface area contributed by atoms with Gasteiger partial charge in [0.1, 0.15) is 0 Å². The van der Waals surface area contributed by atoms with E-state index < -0.39 is 5.56 Å². The van der Waals surface area contributed by atoms with Gasteiger partial charge >= 0.3 is 5.69 Å². The third kappa shape index (κ3) is 3.93. The van der Waals surface area contributed by atoms with E-state index in [1.54, 1.807) is 0 Å². The zero-order valence-corrected chi connectivity index (χ0v) is 17.2. The Morgan fingerprint density at radius 3 is 2.63 bits per heavy atom. The van der Waals surface area contributed by atoms with Crippen LogP contribution in [0.3, 0.4) is 0 Å². The van der Waals surface area contributed by atoms with E-state index in [-0.39, 0.29) is 23.0 Å². The lowest BCUT2D eigenvalue weighted by Crippen LogP contribution is -2.40. The highest BCUT2D eigenvalue weighted by molar-refractivity contribution is 6.28. The Labute approximate surface area is 176 Å². The molecule has 0 amide bonds. The molecule has 3 heterocycles. The summed E-state index contributed by atoms with van der Waals surface area (Å²) in [6.07, 6.45) is 2.64. The van der Waals surface area contributed by atoms with Crippen molar-refractivity contribution in [3.05, 3.63) is 62.3 Å². The van der Waals surface area contributed by atoms with Gasteiger partial charge in [0.2, 0.25) is 5.28 Å². The van der Waals surface area contributed by atoms with E-state index in [0.29, 0.717) is 43.2 Å². The SMILES string of the molecule is CCCn1c(=O)n(CCCCc2noc(-c3ccccc3)n2)c(=O)c2[nH]c(Cl)nc21. The molecule has 0 spiro atoms. The number of aromatic amines is 1. The standard InChI is InChI=1S/C20H21ClN6O3/c1-2-11-26-16-15(23-19(21)24-16)18(28)27(20(26)29)12-7-6-10-14-22-17(30-25-14)13-8-4-3-5-9-13/h3-5,8-9H,2,6-7,10-12H2,1H3,(H,23,24). The molecule has 0 saturated carbocycles. The van der Waals surface area contributed by atoms with E-state index in [4.69, 9.17) is 16.1 Å². The maximum absolute atomic E-state index is 12.8. The first kappa shape index (κ1) is 20.1. The van der Waals surface area contributed by atoms with Gasteiger partial charge in [-0.1, -0.05) is 30.3 Å². The summed E-state index contributed by atoms with van der Waals surface area (Å²) in [5.41, 5.74) is 0.633. The quantitative estimate of drug-likeness (QED) is 0.341. The van der Waals surface area contributed by atoms with E-state index >= 15 is 0 Å². The number of unbranched alkanes of at least 4 members (excludes halogenated alkanes) is 1. The zero-order valence-electron chi connectivity index (χ0n) is 16.5. The Kier molecular flexibility index (Phi) is 5.80. The molecule has 0 radical (unpaired) electrons. The number of nitrogens with zero attached hydrogens (tertiary/aromatic N) is 5. The van der Waals surface area contributed by atoms with Gasteiger partial charge in [0.05, 0.1) is 0 Å². The number of H-pyrrole nitrogens is 1. The summed E-state index contributed by atoms with van der Waals surface area (Å²) in [6.45, 7) is 2.70. The van der Waals surface area contributed by atoms with E-state index in [2.05, 4.69) is 20.1 Å². The second-order valence-electron chi connectivity index (χ2n) is 6.96. The molecule has 1 N–H and O–H groups in total. The van der Waals surface area contributed by atoms with Gasteiger partial charge in [0.25, 0.3) is 11.4 Å². The van der Waals surface area contributed by atoms with Crippen molar-refractivity contribution in [3.8, 4) is 11.5 Å². The molecule has 0 unspecified atom stereocenters. The van der Waals surface area contributed by atoms with Crippen molar-refractivity contribution in [2.75, 3.05) is 0 Å². The topological polar surface area (TPSA) is 112 Å². The number of aryl methyl sites for hydroxylation is 2. The molecule has 4 rings (SSSR count). The predicted octanol–water partition coefficient (Wildman–Crippen LogP) is 3.02. The van der Waals surface area contributed by atoms with Gasteiger partial charge in [-0.25, -0.2) is 4.79 Å². The molecule has 0 fully saturated rings. The van der Waals surface area contributed by atoms with Crippen LogP contribution < -0.4 is 11.2 Å². The highest BCUT2D eigenvalue weighted by atomic mass is 35.5. The van der Waals surface area contributed by atoms with Crippen LogP contribution in [0.2, 0.25) is 5.28 Å². The molecule has 0 saturated heterocycles. The van der Waals surface area contributed by atoms with Crippen molar-refractivity contribution in [3.63, 3.8) is 0 Å². The molecule has 0 aliphatic heterocycles. The molecular formula is C20H21ClN6O3. The third-order valence-electron chi connectivity index (χ3n) is 4.80. The van der Waals surface area contributed by atoms with Gasteiger partial charge in [0, 0.05) is 25.1 Å². The van der Waals surface area contributed by atoms with Gasteiger partial charge in [0.15, 0.2) is 17.0 Å². The lowest BCUT2D eigenvalue weighted by atomic mass is 10.2. The number of fused-ring (bicyclic) bond motifs is 1. The van der Waals surface area contributed by atoms with Crippen LogP contribution >= 0.6 is 11.6 Å². The fourth-order valence-corrected chi connectivity index (χ4v) is 3.54. The van der Waals surface area contributed by atoms with E-state index in [1.165, 1.54) is 9.13 Å². The lowest BCUT2D eigenvalue weighted by molar-refractivity contribution is 0.420. The Morgan fingerprint density at radius 2 is 1.87 bits per heavy atom. The fraction of sp³-hybridized carbons (Fsp3) is 0.350. The van der Waals surface area contributed by atoms with Crippen LogP contribution in [0.1, 0.15) is 32.0 Å². The van der Waals surface area contributed by atoms with Crippen LogP contribution in [0, 0.1) is 0 Å². The summed E-state index contributed by atoms with van der Waals surface area (Å²) in [5.74, 6) is 1.08. The molecule has 4 aromatic rings. The molecule has 10 heteroatoms. The van der Waals surface area contributed by atoms with Crippen molar-refractivity contribution in [1.82, 2.24) is 29.2 Å². The summed E-state index contributed by atoms with van der Waals surface area (Å²) >= 11 is 5.92. The van der Waals surface area contributed by atoms with Crippen LogP contribution in [0.25, 0.3) is 22.6 Å². The van der Waals surface area contributed by atoms with Gasteiger partial charge in [-0.05, 0) is 43.0 Å². The molecule has 9 nitrogen and oxygen atoms in total. The number of aromatic nitrogens is 6. The second kappa shape index (κ2) is 8.66. The largest absolute Gasteiger partial charge is 0.334 e. The smallest absolute Gasteiger partial charge is 0.332 e. The summed E-state index contributed by atoms with van der Waals surface area (Å²) < 4.78 is 8.03. The van der Waals surface area contributed by atoms with Crippen LogP contribution in [0.5, 0.6) is 0 Å². The first-order valence-electron chi connectivity index (χ1n) is 9.85. The van der Waals surface area contributed by atoms with Crippen molar-refractivity contribution in [1.29, 1.82) is 0 Å². The molecular weight excluding hydrogens is 408 g/mol. The number of imidazole rings is 1. The number of halogens is 1. The molecule has 3 aromatic heterocycles. The molecule has 0 aliphatic carbocycles. The predicted molar refractivity (Wildman–Crippen MR) is 113 cm³/mol. The molecule has 156 valence electrons. The highest BCUT2D eigenvalue weighted by Gasteiger charge is 2.16. The van der Waals surface area contributed by atoms with Crippen LogP contribution in [-0.4, -0.2) is 29.2 Å². The fourth-order valence-electron chi connectivity index (χ4n) is 3.37. The van der Waals surface area contributed by atoms with Crippen molar-refractivity contribution < 1.29 is 4.52 Å². The van der Waals surface area contributed by atoms with E-state index in [1.807, 2.05) is 37.3 Å². The van der Waals surface area contributed by atoms with Gasteiger partial charge in [-0.15, -0.1) is 0 Å². The van der Waals surface area contributed by atoms with Crippen LogP contribution in [0.15, 0.2) is 44.4 Å². The minimum atomic E-state index is -0.410. The molecule has 1 aromatic carbocycles.